The first-order valence-electron chi connectivity index (χ1n) is 13.0. The highest BCUT2D eigenvalue weighted by Gasteiger charge is 2.21. The summed E-state index contributed by atoms with van der Waals surface area (Å²) in [5.74, 6) is 0.630. The number of hydrogen-bond acceptors (Lipinski definition) is 4. The molecule has 0 bridgehead atoms. The molecule has 0 fully saturated rings. The van der Waals surface area contributed by atoms with Gasteiger partial charge in [0.25, 0.3) is 0 Å². The number of aromatic nitrogens is 1. The van der Waals surface area contributed by atoms with Gasteiger partial charge in [-0.15, -0.1) is 11.3 Å². The molecule has 0 aliphatic carbocycles. The molecule has 4 heteroatoms. The summed E-state index contributed by atoms with van der Waals surface area (Å²) in [7, 11) is 0. The molecule has 2 heterocycles. The molecular weight excluding hydrogens is 496 g/mol. The maximum Gasteiger partial charge on any atom is 0.227 e. The average molecular weight is 519 g/mol. The summed E-state index contributed by atoms with van der Waals surface area (Å²) in [6.07, 6.45) is 0. The fraction of sp³-hybridized carbons (Fsp3) is 0. The minimum Gasteiger partial charge on any atom is -0.435 e. The van der Waals surface area contributed by atoms with E-state index in [4.69, 9.17) is 9.40 Å². The van der Waals surface area contributed by atoms with Crippen LogP contribution in [0.3, 0.4) is 0 Å². The van der Waals surface area contributed by atoms with Crippen LogP contribution in [-0.4, -0.2) is 4.98 Å². The minimum absolute atomic E-state index is 0.630. The Kier molecular flexibility index (Phi) is 5.00. The van der Waals surface area contributed by atoms with E-state index >= 15 is 0 Å². The van der Waals surface area contributed by atoms with Gasteiger partial charge < -0.3 is 9.32 Å². The summed E-state index contributed by atoms with van der Waals surface area (Å²) in [5, 5.41) is 4.75. The van der Waals surface area contributed by atoms with Crippen molar-refractivity contribution in [2.45, 2.75) is 0 Å². The van der Waals surface area contributed by atoms with Crippen LogP contribution in [0.4, 0.5) is 17.1 Å². The molecule has 0 aliphatic heterocycles. The van der Waals surface area contributed by atoms with Crippen molar-refractivity contribution in [1.29, 1.82) is 0 Å². The number of benzene rings is 6. The van der Waals surface area contributed by atoms with Gasteiger partial charge in [-0.05, 0) is 48.5 Å². The van der Waals surface area contributed by atoms with Crippen molar-refractivity contribution in [3.05, 3.63) is 133 Å². The standard InChI is InChI=1S/C35H22N2OS/c1-3-11-23(12-4-1)35-36-30-22-31(26-15-7-8-17-29(26)34(30)38-35)37(24-13-5-2-6-14-24)25-19-20-28-27-16-9-10-18-32(27)39-33(28)21-25/h1-22H. The molecule has 8 aromatic rings. The van der Waals surface area contributed by atoms with E-state index in [1.165, 1.54) is 20.2 Å². The fourth-order valence-corrected chi connectivity index (χ4v) is 6.62. The second-order valence-electron chi connectivity index (χ2n) is 9.62. The predicted octanol–water partition coefficient (Wildman–Crippen LogP) is 10.5. The van der Waals surface area contributed by atoms with Crippen LogP contribution in [0.2, 0.25) is 0 Å². The van der Waals surface area contributed by atoms with Crippen molar-refractivity contribution in [2.75, 3.05) is 4.90 Å². The first-order chi connectivity index (χ1) is 19.3. The molecule has 3 nitrogen and oxygen atoms in total. The zero-order chi connectivity index (χ0) is 25.8. The van der Waals surface area contributed by atoms with Gasteiger partial charge in [0.15, 0.2) is 5.58 Å². The third-order valence-corrected chi connectivity index (χ3v) is 8.40. The Morgan fingerprint density at radius 2 is 1.21 bits per heavy atom. The monoisotopic (exact) mass is 518 g/mol. The van der Waals surface area contributed by atoms with E-state index in [0.717, 1.165) is 44.5 Å². The van der Waals surface area contributed by atoms with E-state index in [1.807, 2.05) is 41.7 Å². The number of hydrogen-bond donors (Lipinski definition) is 0. The second kappa shape index (κ2) is 8.83. The van der Waals surface area contributed by atoms with Crippen molar-refractivity contribution < 1.29 is 4.42 Å². The maximum atomic E-state index is 6.38. The molecule has 2 aromatic heterocycles. The van der Waals surface area contributed by atoms with E-state index < -0.39 is 0 Å². The molecule has 0 N–H and O–H groups in total. The predicted molar refractivity (Wildman–Crippen MR) is 165 cm³/mol. The smallest absolute Gasteiger partial charge is 0.227 e. The molecule has 184 valence electrons. The van der Waals surface area contributed by atoms with E-state index in [1.54, 1.807) is 0 Å². The van der Waals surface area contributed by atoms with Crippen LogP contribution >= 0.6 is 11.3 Å². The zero-order valence-electron chi connectivity index (χ0n) is 20.9. The first kappa shape index (κ1) is 22.1. The van der Waals surface area contributed by atoms with Gasteiger partial charge in [-0.2, -0.15) is 0 Å². The molecule has 0 unspecified atom stereocenters. The van der Waals surface area contributed by atoms with Gasteiger partial charge in [-0.25, -0.2) is 4.98 Å². The summed E-state index contributed by atoms with van der Waals surface area (Å²) in [5.41, 5.74) is 5.88. The quantitative estimate of drug-likeness (QED) is 0.232. The van der Waals surface area contributed by atoms with E-state index in [0.29, 0.717) is 5.89 Å². The summed E-state index contributed by atoms with van der Waals surface area (Å²) in [4.78, 5) is 7.29. The topological polar surface area (TPSA) is 29.3 Å². The van der Waals surface area contributed by atoms with Gasteiger partial charge in [0, 0.05) is 47.9 Å². The number of thiophene rings is 1. The fourth-order valence-electron chi connectivity index (χ4n) is 5.48. The highest BCUT2D eigenvalue weighted by atomic mass is 32.1. The van der Waals surface area contributed by atoms with Crippen LogP contribution in [-0.2, 0) is 0 Å². The molecule has 0 spiro atoms. The van der Waals surface area contributed by atoms with Crippen LogP contribution < -0.4 is 4.90 Å². The number of anilines is 3. The van der Waals surface area contributed by atoms with Crippen molar-refractivity contribution in [3.63, 3.8) is 0 Å². The Bertz CT molecular complexity index is 2130. The molecule has 0 atom stereocenters. The zero-order valence-corrected chi connectivity index (χ0v) is 21.7. The van der Waals surface area contributed by atoms with Crippen molar-refractivity contribution in [1.82, 2.24) is 4.98 Å². The normalized spacial score (nSPS) is 11.6. The Morgan fingerprint density at radius 3 is 2.03 bits per heavy atom. The molecule has 6 aromatic carbocycles. The van der Waals surface area contributed by atoms with E-state index in [-0.39, 0.29) is 0 Å². The molecule has 0 radical (unpaired) electrons. The van der Waals surface area contributed by atoms with E-state index in [2.05, 4.69) is 108 Å². The van der Waals surface area contributed by atoms with E-state index in [9.17, 15) is 0 Å². The molecular formula is C35H22N2OS. The average Bonchev–Trinajstić information content (AvgIpc) is 3.60. The Labute approximate surface area is 229 Å². The minimum atomic E-state index is 0.630. The van der Waals surface area contributed by atoms with Crippen LogP contribution in [0, 0.1) is 0 Å². The van der Waals surface area contributed by atoms with Crippen LogP contribution in [0.5, 0.6) is 0 Å². The van der Waals surface area contributed by atoms with Crippen LogP contribution in [0.25, 0.3) is 53.5 Å². The van der Waals surface area contributed by atoms with Crippen LogP contribution in [0.15, 0.2) is 138 Å². The Morgan fingerprint density at radius 1 is 0.538 bits per heavy atom. The molecule has 8 rings (SSSR count). The van der Waals surface area contributed by atoms with Gasteiger partial charge >= 0.3 is 0 Å². The molecule has 0 aliphatic rings. The first-order valence-corrected chi connectivity index (χ1v) is 13.8. The number of rotatable bonds is 4. The highest BCUT2D eigenvalue weighted by molar-refractivity contribution is 7.25. The Hall–Kier alpha value is -4.93. The lowest BCUT2D eigenvalue weighted by Crippen LogP contribution is -2.10. The second-order valence-corrected chi connectivity index (χ2v) is 10.7. The lowest BCUT2D eigenvalue weighted by Gasteiger charge is -2.27. The highest BCUT2D eigenvalue weighted by Crippen LogP contribution is 2.44. The van der Waals surface area contributed by atoms with Gasteiger partial charge in [0.05, 0.1) is 5.69 Å². The summed E-state index contributed by atoms with van der Waals surface area (Å²) in [6, 6.07) is 46.7. The Balaban J connectivity index is 1.40. The lowest BCUT2D eigenvalue weighted by molar-refractivity contribution is 0.623. The summed E-state index contributed by atoms with van der Waals surface area (Å²) < 4.78 is 8.95. The van der Waals surface area contributed by atoms with Gasteiger partial charge in [-0.3, -0.25) is 0 Å². The lowest BCUT2D eigenvalue weighted by atomic mass is 10.0. The van der Waals surface area contributed by atoms with Gasteiger partial charge in [0.2, 0.25) is 5.89 Å². The molecule has 39 heavy (non-hydrogen) atoms. The van der Waals surface area contributed by atoms with Crippen molar-refractivity contribution >= 4 is 70.4 Å². The number of nitrogens with zero attached hydrogens (tertiary/aromatic N) is 2. The molecule has 0 amide bonds. The largest absolute Gasteiger partial charge is 0.435 e. The number of fused-ring (bicyclic) bond motifs is 6. The molecule has 0 saturated carbocycles. The maximum absolute atomic E-state index is 6.38. The summed E-state index contributed by atoms with van der Waals surface area (Å²) >= 11 is 1.84. The number of para-hydroxylation sites is 1. The SMILES string of the molecule is c1ccc(-c2nc3cc(N(c4ccccc4)c4ccc5c(c4)sc4ccccc45)c4ccccc4c3o2)cc1. The van der Waals surface area contributed by atoms with Crippen LogP contribution in [0.1, 0.15) is 0 Å². The third-order valence-electron chi connectivity index (χ3n) is 7.27. The van der Waals surface area contributed by atoms with Crippen molar-refractivity contribution in [2.24, 2.45) is 0 Å². The van der Waals surface area contributed by atoms with Gasteiger partial charge in [-0.1, -0.05) is 84.9 Å². The van der Waals surface area contributed by atoms with Crippen molar-refractivity contribution in [3.8, 4) is 11.5 Å². The number of oxazole rings is 1. The third kappa shape index (κ3) is 3.61. The summed E-state index contributed by atoms with van der Waals surface area (Å²) in [6.45, 7) is 0. The van der Waals surface area contributed by atoms with Gasteiger partial charge in [0.1, 0.15) is 5.52 Å². The molecule has 0 saturated heterocycles.